The van der Waals surface area contributed by atoms with Gasteiger partial charge in [0.25, 0.3) is 0 Å². The lowest BCUT2D eigenvalue weighted by molar-refractivity contribution is 0.0322. The van der Waals surface area contributed by atoms with Gasteiger partial charge in [0.1, 0.15) is 42.5 Å². The van der Waals surface area contributed by atoms with Crippen molar-refractivity contribution in [2.45, 2.75) is 12.2 Å². The van der Waals surface area contributed by atoms with E-state index in [4.69, 9.17) is 18.9 Å². The SMILES string of the molecule is COCC(O)COc1ccc2c(OCC(O)COC)c(C(=O)O)ccc2c1. The first-order chi connectivity index (χ1) is 13.0. The highest BCUT2D eigenvalue weighted by Gasteiger charge is 2.17. The number of aliphatic hydroxyl groups excluding tert-OH is 2. The Morgan fingerprint density at radius 2 is 1.56 bits per heavy atom. The van der Waals surface area contributed by atoms with Gasteiger partial charge in [-0.3, -0.25) is 0 Å². The molecule has 0 saturated heterocycles. The van der Waals surface area contributed by atoms with Crippen molar-refractivity contribution in [3.8, 4) is 11.5 Å². The van der Waals surface area contributed by atoms with Crippen LogP contribution >= 0.6 is 0 Å². The fourth-order valence-electron chi connectivity index (χ4n) is 2.55. The van der Waals surface area contributed by atoms with Crippen molar-refractivity contribution in [1.82, 2.24) is 0 Å². The Labute approximate surface area is 156 Å². The summed E-state index contributed by atoms with van der Waals surface area (Å²) < 4.78 is 20.8. The van der Waals surface area contributed by atoms with Crippen molar-refractivity contribution >= 4 is 16.7 Å². The number of methoxy groups -OCH3 is 2. The van der Waals surface area contributed by atoms with Crippen molar-refractivity contribution in [2.24, 2.45) is 0 Å². The molecule has 0 aliphatic rings. The summed E-state index contributed by atoms with van der Waals surface area (Å²) in [6.07, 6.45) is -1.63. The van der Waals surface area contributed by atoms with Crippen LogP contribution in [0.2, 0.25) is 0 Å². The molecule has 2 rings (SSSR count). The second kappa shape index (κ2) is 10.1. The maximum absolute atomic E-state index is 11.5. The predicted molar refractivity (Wildman–Crippen MR) is 97.7 cm³/mol. The summed E-state index contributed by atoms with van der Waals surface area (Å²) in [5.74, 6) is -0.441. The van der Waals surface area contributed by atoms with Crippen molar-refractivity contribution in [3.63, 3.8) is 0 Å². The number of aliphatic hydroxyl groups is 2. The van der Waals surface area contributed by atoms with Crippen LogP contribution in [0, 0.1) is 0 Å². The normalized spacial score (nSPS) is 13.3. The van der Waals surface area contributed by atoms with Gasteiger partial charge in [0, 0.05) is 19.6 Å². The smallest absolute Gasteiger partial charge is 0.339 e. The van der Waals surface area contributed by atoms with Crippen molar-refractivity contribution in [1.29, 1.82) is 0 Å². The highest BCUT2D eigenvalue weighted by Crippen LogP contribution is 2.32. The number of fused-ring (bicyclic) bond motifs is 1. The molecule has 0 aliphatic carbocycles. The Balaban J connectivity index is 2.26. The molecule has 0 radical (unpaired) electrons. The first kappa shape index (κ1) is 20.9. The average Bonchev–Trinajstić information content (AvgIpc) is 2.64. The summed E-state index contributed by atoms with van der Waals surface area (Å²) >= 11 is 0. The molecule has 27 heavy (non-hydrogen) atoms. The van der Waals surface area contributed by atoms with Gasteiger partial charge in [0.15, 0.2) is 0 Å². The minimum absolute atomic E-state index is 0.00342. The molecule has 0 heterocycles. The van der Waals surface area contributed by atoms with Gasteiger partial charge in [0.2, 0.25) is 0 Å². The maximum atomic E-state index is 11.5. The average molecular weight is 380 g/mol. The van der Waals surface area contributed by atoms with Crippen LogP contribution in [0.3, 0.4) is 0 Å². The molecule has 0 saturated carbocycles. The number of carboxylic acids is 1. The van der Waals surface area contributed by atoms with Crippen molar-refractivity contribution in [3.05, 3.63) is 35.9 Å². The molecule has 0 spiro atoms. The van der Waals surface area contributed by atoms with E-state index in [1.165, 1.54) is 20.3 Å². The topological polar surface area (TPSA) is 115 Å². The Hall–Kier alpha value is -2.39. The first-order valence-corrected chi connectivity index (χ1v) is 8.36. The zero-order valence-corrected chi connectivity index (χ0v) is 15.3. The second-order valence-electron chi connectivity index (χ2n) is 5.97. The van der Waals surface area contributed by atoms with Crippen molar-refractivity contribution in [2.75, 3.05) is 40.6 Å². The highest BCUT2D eigenvalue weighted by molar-refractivity contribution is 6.01. The number of hydrogen-bond acceptors (Lipinski definition) is 7. The number of ether oxygens (including phenoxy) is 4. The number of carbonyl (C=O) groups is 1. The van der Waals surface area contributed by atoms with E-state index in [0.29, 0.717) is 16.5 Å². The zero-order valence-electron chi connectivity index (χ0n) is 15.3. The summed E-state index contributed by atoms with van der Waals surface area (Å²) in [5, 5.41) is 30.1. The van der Waals surface area contributed by atoms with E-state index in [-0.39, 0.29) is 37.7 Å². The van der Waals surface area contributed by atoms with Crippen molar-refractivity contribution < 1.29 is 39.1 Å². The number of aromatic carboxylic acids is 1. The molecule has 2 unspecified atom stereocenters. The molecule has 0 aromatic heterocycles. The lowest BCUT2D eigenvalue weighted by atomic mass is 10.0. The lowest BCUT2D eigenvalue weighted by Gasteiger charge is -2.16. The lowest BCUT2D eigenvalue weighted by Crippen LogP contribution is -2.23. The standard InChI is InChI=1S/C19H24O8/c1-24-8-13(20)10-26-15-4-6-16-12(7-15)3-5-17(19(22)23)18(16)27-11-14(21)9-25-2/h3-7,13-14,20-21H,8-11H2,1-2H3,(H,22,23). The molecule has 8 nitrogen and oxygen atoms in total. The Bertz CT molecular complexity index is 761. The van der Waals surface area contributed by atoms with Crippen LogP contribution in [-0.2, 0) is 9.47 Å². The van der Waals surface area contributed by atoms with E-state index >= 15 is 0 Å². The largest absolute Gasteiger partial charge is 0.491 e. The van der Waals surface area contributed by atoms with Gasteiger partial charge in [-0.2, -0.15) is 0 Å². The summed E-state index contributed by atoms with van der Waals surface area (Å²) in [4.78, 5) is 11.5. The monoisotopic (exact) mass is 380 g/mol. The molecular formula is C19H24O8. The van der Waals surface area contributed by atoms with Gasteiger partial charge in [-0.25, -0.2) is 4.79 Å². The van der Waals surface area contributed by atoms with Crippen LogP contribution in [0.15, 0.2) is 30.3 Å². The molecule has 2 aromatic rings. The second-order valence-corrected chi connectivity index (χ2v) is 5.97. The predicted octanol–water partition coefficient (Wildman–Crippen LogP) is 1.31. The van der Waals surface area contributed by atoms with Gasteiger partial charge in [-0.05, 0) is 29.7 Å². The van der Waals surface area contributed by atoms with Gasteiger partial charge < -0.3 is 34.3 Å². The molecule has 0 bridgehead atoms. The summed E-state index contributed by atoms with van der Waals surface area (Å²) in [6, 6.07) is 8.14. The third-order valence-corrected chi connectivity index (χ3v) is 3.75. The fraction of sp³-hybridized carbons (Fsp3) is 0.421. The van der Waals surface area contributed by atoms with Gasteiger partial charge in [-0.15, -0.1) is 0 Å². The summed E-state index contributed by atoms with van der Waals surface area (Å²) in [6.45, 7) is 0.208. The van der Waals surface area contributed by atoms with Crippen LogP contribution in [0.5, 0.6) is 11.5 Å². The molecule has 0 fully saturated rings. The third kappa shape index (κ3) is 5.80. The van der Waals surface area contributed by atoms with Crippen LogP contribution < -0.4 is 9.47 Å². The number of hydrogen-bond donors (Lipinski definition) is 3. The minimum Gasteiger partial charge on any atom is -0.491 e. The van der Waals surface area contributed by atoms with Crippen LogP contribution in [-0.4, -0.2) is 74.1 Å². The maximum Gasteiger partial charge on any atom is 0.339 e. The molecule has 3 N–H and O–H groups in total. The summed E-state index contributed by atoms with van der Waals surface area (Å²) in [5.41, 5.74) is -0.00342. The molecule has 148 valence electrons. The van der Waals surface area contributed by atoms with E-state index < -0.39 is 18.2 Å². The van der Waals surface area contributed by atoms with E-state index in [1.807, 2.05) is 0 Å². The van der Waals surface area contributed by atoms with Crippen LogP contribution in [0.4, 0.5) is 0 Å². The van der Waals surface area contributed by atoms with Crippen LogP contribution in [0.25, 0.3) is 10.8 Å². The third-order valence-electron chi connectivity index (χ3n) is 3.75. The van der Waals surface area contributed by atoms with Crippen LogP contribution in [0.1, 0.15) is 10.4 Å². The Morgan fingerprint density at radius 3 is 2.15 bits per heavy atom. The quantitative estimate of drug-likeness (QED) is 0.535. The molecule has 0 aliphatic heterocycles. The summed E-state index contributed by atoms with van der Waals surface area (Å²) in [7, 11) is 2.94. The molecule has 0 amide bonds. The number of carboxylic acid groups (broad SMARTS) is 1. The molecule has 2 aromatic carbocycles. The molecule has 8 heteroatoms. The zero-order chi connectivity index (χ0) is 19.8. The highest BCUT2D eigenvalue weighted by atomic mass is 16.5. The molecular weight excluding hydrogens is 356 g/mol. The fourth-order valence-corrected chi connectivity index (χ4v) is 2.55. The van der Waals surface area contributed by atoms with E-state index in [9.17, 15) is 20.1 Å². The first-order valence-electron chi connectivity index (χ1n) is 8.36. The van der Waals surface area contributed by atoms with Gasteiger partial charge >= 0.3 is 5.97 Å². The minimum atomic E-state index is -1.13. The van der Waals surface area contributed by atoms with E-state index in [0.717, 1.165) is 0 Å². The van der Waals surface area contributed by atoms with E-state index in [2.05, 4.69) is 0 Å². The van der Waals surface area contributed by atoms with Gasteiger partial charge in [-0.1, -0.05) is 6.07 Å². The number of benzene rings is 2. The van der Waals surface area contributed by atoms with Gasteiger partial charge in [0.05, 0.1) is 13.2 Å². The Morgan fingerprint density at radius 1 is 0.926 bits per heavy atom. The van der Waals surface area contributed by atoms with E-state index in [1.54, 1.807) is 24.3 Å². The number of rotatable bonds is 11. The Kier molecular flexibility index (Phi) is 7.81. The molecule has 2 atom stereocenters.